The molecular weight excluding hydrogens is 386 g/mol. The summed E-state index contributed by atoms with van der Waals surface area (Å²) in [5.74, 6) is 2.05. The van der Waals surface area contributed by atoms with Crippen LogP contribution in [0.2, 0.25) is 0 Å². The summed E-state index contributed by atoms with van der Waals surface area (Å²) in [7, 11) is 1.72. The van der Waals surface area contributed by atoms with Crippen LogP contribution < -0.4 is 10.6 Å². The lowest BCUT2D eigenvalue weighted by Crippen LogP contribution is -2.40. The molecule has 3 rings (SSSR count). The molecule has 7 nitrogen and oxygen atoms in total. The van der Waals surface area contributed by atoms with Gasteiger partial charge in [0, 0.05) is 50.0 Å². The molecule has 1 aliphatic heterocycles. The number of carbonyl (C=O) groups is 1. The monoisotopic (exact) mass is 417 g/mol. The molecule has 158 valence electrons. The number of amides is 1. The predicted octanol–water partition coefficient (Wildman–Crippen LogP) is 3.28. The highest BCUT2D eigenvalue weighted by atomic mass is 32.1. The maximum atomic E-state index is 12.5. The number of carbonyl (C=O) groups excluding carboxylic acids is 1. The number of hydrogen-bond acceptors (Lipinski definition) is 5. The minimum absolute atomic E-state index is 0.176. The Morgan fingerprint density at radius 2 is 2.21 bits per heavy atom. The Morgan fingerprint density at radius 1 is 1.38 bits per heavy atom. The van der Waals surface area contributed by atoms with E-state index in [9.17, 15) is 4.79 Å². The molecule has 2 N–H and O–H groups in total. The highest BCUT2D eigenvalue weighted by Gasteiger charge is 2.21. The van der Waals surface area contributed by atoms with Gasteiger partial charge in [-0.1, -0.05) is 19.0 Å². The summed E-state index contributed by atoms with van der Waals surface area (Å²) >= 11 is 1.79. The molecule has 2 aromatic rings. The van der Waals surface area contributed by atoms with Crippen LogP contribution in [-0.2, 0) is 24.3 Å². The van der Waals surface area contributed by atoms with E-state index < -0.39 is 0 Å². The normalized spacial score (nSPS) is 14.2. The minimum Gasteiger partial charge on any atom is -0.359 e. The molecule has 0 saturated heterocycles. The predicted molar refractivity (Wildman–Crippen MR) is 116 cm³/mol. The van der Waals surface area contributed by atoms with Crippen molar-refractivity contribution < 1.29 is 9.32 Å². The largest absolute Gasteiger partial charge is 0.359 e. The van der Waals surface area contributed by atoms with E-state index in [1.54, 1.807) is 18.4 Å². The first-order valence-corrected chi connectivity index (χ1v) is 11.3. The number of fused-ring (bicyclic) bond motifs is 1. The minimum atomic E-state index is 0.176. The summed E-state index contributed by atoms with van der Waals surface area (Å²) in [6.07, 6.45) is 3.52. The summed E-state index contributed by atoms with van der Waals surface area (Å²) in [6.45, 7) is 6.92. The highest BCUT2D eigenvalue weighted by molar-refractivity contribution is 7.10. The fourth-order valence-corrected chi connectivity index (χ4v) is 4.50. The third-order valence-electron chi connectivity index (χ3n) is 5.43. The Labute approximate surface area is 176 Å². The van der Waals surface area contributed by atoms with Crippen LogP contribution in [0.4, 0.5) is 0 Å². The summed E-state index contributed by atoms with van der Waals surface area (Å²) in [5, 5.41) is 12.7. The zero-order valence-electron chi connectivity index (χ0n) is 17.5. The van der Waals surface area contributed by atoms with Gasteiger partial charge in [0.15, 0.2) is 11.7 Å². The van der Waals surface area contributed by atoms with E-state index in [4.69, 9.17) is 4.52 Å². The number of aromatic nitrogens is 1. The molecule has 1 aliphatic rings. The lowest BCUT2D eigenvalue weighted by atomic mass is 9.99. The number of nitrogens with one attached hydrogen (secondary N) is 2. The Kier molecular flexibility index (Phi) is 7.69. The number of thiophene rings is 1. The first-order chi connectivity index (χ1) is 14.1. The molecule has 8 heteroatoms. The molecule has 2 aromatic heterocycles. The maximum absolute atomic E-state index is 12.5. The van der Waals surface area contributed by atoms with Crippen molar-refractivity contribution in [1.29, 1.82) is 0 Å². The van der Waals surface area contributed by atoms with Gasteiger partial charge < -0.3 is 20.1 Å². The van der Waals surface area contributed by atoms with E-state index in [0.29, 0.717) is 31.4 Å². The van der Waals surface area contributed by atoms with Crippen LogP contribution in [0.1, 0.15) is 60.9 Å². The van der Waals surface area contributed by atoms with Crippen LogP contribution in [0, 0.1) is 0 Å². The smallest absolute Gasteiger partial charge is 0.224 e. The van der Waals surface area contributed by atoms with Crippen molar-refractivity contribution in [1.82, 2.24) is 20.7 Å². The Morgan fingerprint density at radius 3 is 2.97 bits per heavy atom. The maximum Gasteiger partial charge on any atom is 0.224 e. The molecular formula is C21H31N5O2S. The third kappa shape index (κ3) is 5.59. The second kappa shape index (κ2) is 10.4. The number of aliphatic imine (C=N–C) groups is 1. The van der Waals surface area contributed by atoms with E-state index in [1.807, 2.05) is 11.0 Å². The van der Waals surface area contributed by atoms with Gasteiger partial charge in [-0.2, -0.15) is 0 Å². The quantitative estimate of drug-likeness (QED) is 0.509. The lowest BCUT2D eigenvalue weighted by Gasteiger charge is -2.27. The summed E-state index contributed by atoms with van der Waals surface area (Å²) in [6, 6.07) is 4.14. The van der Waals surface area contributed by atoms with Crippen molar-refractivity contribution in [2.45, 2.75) is 58.5 Å². The molecule has 3 heterocycles. The van der Waals surface area contributed by atoms with Crippen molar-refractivity contribution >= 4 is 23.2 Å². The Bertz CT molecular complexity index is 825. The van der Waals surface area contributed by atoms with Gasteiger partial charge in [-0.15, -0.1) is 11.3 Å². The summed E-state index contributed by atoms with van der Waals surface area (Å²) in [4.78, 5) is 20.1. The molecule has 0 aliphatic carbocycles. The first kappa shape index (κ1) is 21.4. The van der Waals surface area contributed by atoms with Crippen LogP contribution >= 0.6 is 11.3 Å². The summed E-state index contributed by atoms with van der Waals surface area (Å²) in [5.41, 5.74) is 2.30. The van der Waals surface area contributed by atoms with E-state index in [-0.39, 0.29) is 5.91 Å². The average Bonchev–Trinajstić information content (AvgIpc) is 3.40. The molecule has 0 unspecified atom stereocenters. The van der Waals surface area contributed by atoms with Gasteiger partial charge in [-0.3, -0.25) is 9.79 Å². The van der Waals surface area contributed by atoms with Gasteiger partial charge in [0.2, 0.25) is 5.91 Å². The fraction of sp³-hybridized carbons (Fsp3) is 0.571. The zero-order chi connectivity index (χ0) is 20.6. The SMILES string of the molecule is CCC(CC)c1cc(CNC(=NC)NCCC(=O)N2CCc3sccc3C2)on1. The van der Waals surface area contributed by atoms with Gasteiger partial charge in [0.1, 0.15) is 0 Å². The van der Waals surface area contributed by atoms with E-state index in [0.717, 1.165) is 43.8 Å². The molecule has 0 aromatic carbocycles. The lowest BCUT2D eigenvalue weighted by molar-refractivity contribution is -0.131. The second-order valence-electron chi connectivity index (χ2n) is 7.27. The van der Waals surface area contributed by atoms with Crippen molar-refractivity contribution in [2.24, 2.45) is 4.99 Å². The van der Waals surface area contributed by atoms with E-state index in [2.05, 4.69) is 46.1 Å². The first-order valence-electron chi connectivity index (χ1n) is 10.4. The fourth-order valence-electron chi connectivity index (χ4n) is 3.61. The van der Waals surface area contributed by atoms with Gasteiger partial charge in [0.05, 0.1) is 12.2 Å². The van der Waals surface area contributed by atoms with Crippen molar-refractivity contribution in [3.8, 4) is 0 Å². The molecule has 0 atom stereocenters. The number of hydrogen-bond donors (Lipinski definition) is 2. The van der Waals surface area contributed by atoms with Gasteiger partial charge in [-0.05, 0) is 36.3 Å². The Balaban J connectivity index is 1.40. The van der Waals surface area contributed by atoms with Gasteiger partial charge in [0.25, 0.3) is 0 Å². The molecule has 29 heavy (non-hydrogen) atoms. The van der Waals surface area contributed by atoms with Crippen LogP contribution in [0.5, 0.6) is 0 Å². The molecule has 1 amide bonds. The highest BCUT2D eigenvalue weighted by Crippen LogP contribution is 2.24. The number of nitrogens with zero attached hydrogens (tertiary/aromatic N) is 3. The zero-order valence-corrected chi connectivity index (χ0v) is 18.3. The molecule has 0 bridgehead atoms. The van der Waals surface area contributed by atoms with E-state index in [1.165, 1.54) is 10.4 Å². The van der Waals surface area contributed by atoms with Crippen LogP contribution in [0.3, 0.4) is 0 Å². The van der Waals surface area contributed by atoms with E-state index >= 15 is 0 Å². The molecule has 0 saturated carbocycles. The second-order valence-corrected chi connectivity index (χ2v) is 8.27. The Hall–Kier alpha value is -2.35. The van der Waals surface area contributed by atoms with Crippen molar-refractivity contribution in [3.63, 3.8) is 0 Å². The van der Waals surface area contributed by atoms with Crippen molar-refractivity contribution in [2.75, 3.05) is 20.1 Å². The standard InChI is InChI=1S/C21H31N5O2S/c1-4-15(5-2)18-12-17(28-25-18)13-24-21(22-3)23-9-6-20(27)26-10-7-19-16(14-26)8-11-29-19/h8,11-12,15H,4-7,9-10,13-14H2,1-3H3,(H2,22,23,24). The number of guanidine groups is 1. The molecule has 0 radical (unpaired) electrons. The topological polar surface area (TPSA) is 82.8 Å². The molecule has 0 fully saturated rings. The molecule has 0 spiro atoms. The number of rotatable bonds is 8. The summed E-state index contributed by atoms with van der Waals surface area (Å²) < 4.78 is 5.43. The van der Waals surface area contributed by atoms with Crippen LogP contribution in [0.15, 0.2) is 27.0 Å². The average molecular weight is 418 g/mol. The van der Waals surface area contributed by atoms with Crippen LogP contribution in [0.25, 0.3) is 0 Å². The van der Waals surface area contributed by atoms with Crippen LogP contribution in [-0.4, -0.2) is 42.1 Å². The van der Waals surface area contributed by atoms with Gasteiger partial charge in [-0.25, -0.2) is 0 Å². The van der Waals surface area contributed by atoms with Crippen molar-refractivity contribution in [3.05, 3.63) is 39.4 Å². The third-order valence-corrected chi connectivity index (χ3v) is 6.45. The van der Waals surface area contributed by atoms with Gasteiger partial charge >= 0.3 is 0 Å².